The quantitative estimate of drug-likeness (QED) is 0.393. The molecule has 1 aromatic carbocycles. The van der Waals surface area contributed by atoms with E-state index in [0.717, 1.165) is 31.5 Å². The molecule has 0 aliphatic carbocycles. The Labute approximate surface area is 200 Å². The lowest BCUT2D eigenvalue weighted by atomic mass is 9.96. The monoisotopic (exact) mass is 550 g/mol. The average Bonchev–Trinajstić information content (AvgIpc) is 3.02. The molecule has 0 fully saturated rings. The first-order valence-corrected chi connectivity index (χ1v) is 11.4. The van der Waals surface area contributed by atoms with Crippen molar-refractivity contribution in [3.63, 3.8) is 0 Å². The van der Waals surface area contributed by atoms with Gasteiger partial charge in [-0.1, -0.05) is 13.8 Å². The molecule has 8 heteroatoms. The highest BCUT2D eigenvalue weighted by Crippen LogP contribution is 2.43. The number of hydrogen-bond donors (Lipinski definition) is 1. The van der Waals surface area contributed by atoms with E-state index in [2.05, 4.69) is 41.4 Å². The lowest BCUT2D eigenvalue weighted by Gasteiger charge is -2.21. The van der Waals surface area contributed by atoms with Gasteiger partial charge in [-0.2, -0.15) is 0 Å². The molecule has 0 aliphatic rings. The number of pyridine rings is 1. The number of carboxylic acid groups (broad SMARTS) is 1. The van der Waals surface area contributed by atoms with Crippen LogP contribution in [0.1, 0.15) is 51.8 Å². The third-order valence-corrected chi connectivity index (χ3v) is 5.82. The number of ether oxygens (including phenoxy) is 2. The number of aliphatic carboxylic acids is 1. The van der Waals surface area contributed by atoms with Crippen LogP contribution in [0.15, 0.2) is 30.5 Å². The zero-order valence-corrected chi connectivity index (χ0v) is 21.2. The van der Waals surface area contributed by atoms with Gasteiger partial charge in [-0.15, -0.1) is 0 Å². The van der Waals surface area contributed by atoms with Crippen molar-refractivity contribution in [2.75, 3.05) is 6.61 Å². The van der Waals surface area contributed by atoms with E-state index in [0.29, 0.717) is 11.3 Å². The summed E-state index contributed by atoms with van der Waals surface area (Å²) >= 11 is 2.16. The van der Waals surface area contributed by atoms with Gasteiger partial charge in [-0.25, -0.2) is 14.2 Å². The predicted octanol–water partition coefficient (Wildman–Crippen LogP) is 5.99. The number of fused-ring (bicyclic) bond motifs is 1. The van der Waals surface area contributed by atoms with E-state index in [1.165, 1.54) is 0 Å². The zero-order chi connectivity index (χ0) is 23.8. The SMILES string of the molecule is Cc1cc(-c2c(C(C)C)c3c(I)c(OCC(=O)O)ccc3n2C(=O)OC(C)(C)C)ccn1. The Morgan fingerprint density at radius 3 is 2.47 bits per heavy atom. The summed E-state index contributed by atoms with van der Waals surface area (Å²) in [6, 6.07) is 7.29. The minimum atomic E-state index is -1.05. The van der Waals surface area contributed by atoms with E-state index < -0.39 is 24.3 Å². The van der Waals surface area contributed by atoms with Gasteiger partial charge in [-0.05, 0) is 86.0 Å². The van der Waals surface area contributed by atoms with Gasteiger partial charge in [0.2, 0.25) is 0 Å². The lowest BCUT2D eigenvalue weighted by Crippen LogP contribution is -2.27. The molecule has 0 radical (unpaired) electrons. The largest absolute Gasteiger partial charge is 0.481 e. The van der Waals surface area contributed by atoms with Gasteiger partial charge in [0.1, 0.15) is 11.4 Å². The second-order valence-electron chi connectivity index (χ2n) is 8.87. The van der Waals surface area contributed by atoms with E-state index in [1.807, 2.05) is 39.8 Å². The second-order valence-corrected chi connectivity index (χ2v) is 9.95. The first kappa shape index (κ1) is 24.0. The summed E-state index contributed by atoms with van der Waals surface area (Å²) < 4.78 is 13.6. The number of aromatic nitrogens is 2. The van der Waals surface area contributed by atoms with Crippen molar-refractivity contribution < 1.29 is 24.2 Å². The number of benzene rings is 1. The minimum Gasteiger partial charge on any atom is -0.481 e. The molecule has 0 unspecified atom stereocenters. The van der Waals surface area contributed by atoms with Crippen LogP contribution in [-0.4, -0.2) is 38.9 Å². The highest BCUT2D eigenvalue weighted by molar-refractivity contribution is 14.1. The van der Waals surface area contributed by atoms with Crippen LogP contribution in [0, 0.1) is 10.5 Å². The summed E-state index contributed by atoms with van der Waals surface area (Å²) in [4.78, 5) is 28.7. The summed E-state index contributed by atoms with van der Waals surface area (Å²) in [5.41, 5.74) is 3.39. The van der Waals surface area contributed by atoms with Crippen molar-refractivity contribution >= 4 is 45.6 Å². The first-order chi connectivity index (χ1) is 14.9. The van der Waals surface area contributed by atoms with E-state index in [-0.39, 0.29) is 5.92 Å². The van der Waals surface area contributed by atoms with Crippen LogP contribution >= 0.6 is 22.6 Å². The molecule has 0 saturated heterocycles. The molecule has 7 nitrogen and oxygen atoms in total. The molecule has 0 atom stereocenters. The van der Waals surface area contributed by atoms with Crippen LogP contribution in [0.25, 0.3) is 22.2 Å². The fourth-order valence-corrected chi connectivity index (χ4v) is 4.54. The Balaban J connectivity index is 2.40. The van der Waals surface area contributed by atoms with Gasteiger partial charge in [0.25, 0.3) is 0 Å². The molecule has 3 rings (SSSR count). The van der Waals surface area contributed by atoms with Crippen molar-refractivity contribution in [2.24, 2.45) is 0 Å². The van der Waals surface area contributed by atoms with Gasteiger partial charge < -0.3 is 14.6 Å². The summed E-state index contributed by atoms with van der Waals surface area (Å²) in [5.74, 6) is -0.529. The van der Waals surface area contributed by atoms with Gasteiger partial charge in [0.15, 0.2) is 6.61 Å². The van der Waals surface area contributed by atoms with Crippen LogP contribution in [0.4, 0.5) is 4.79 Å². The molecule has 170 valence electrons. The van der Waals surface area contributed by atoms with Crippen molar-refractivity contribution in [1.82, 2.24) is 9.55 Å². The third kappa shape index (κ3) is 4.90. The number of carbonyl (C=O) groups is 2. The molecule has 0 bridgehead atoms. The maximum atomic E-state index is 13.4. The predicted molar refractivity (Wildman–Crippen MR) is 131 cm³/mol. The van der Waals surface area contributed by atoms with Crippen LogP contribution in [0.5, 0.6) is 5.75 Å². The normalized spacial score (nSPS) is 11.8. The van der Waals surface area contributed by atoms with E-state index >= 15 is 0 Å². The lowest BCUT2D eigenvalue weighted by molar-refractivity contribution is -0.139. The van der Waals surface area contributed by atoms with Crippen molar-refractivity contribution in [3.8, 4) is 17.0 Å². The molecular formula is C24H27IN2O5. The maximum absolute atomic E-state index is 13.4. The average molecular weight is 550 g/mol. The molecule has 2 aromatic heterocycles. The molecule has 0 spiro atoms. The highest BCUT2D eigenvalue weighted by atomic mass is 127. The fraction of sp³-hybridized carbons (Fsp3) is 0.375. The fourth-order valence-electron chi connectivity index (χ4n) is 3.64. The smallest absolute Gasteiger partial charge is 0.419 e. The number of carboxylic acids is 1. The van der Waals surface area contributed by atoms with Gasteiger partial charge in [0.05, 0.1) is 14.8 Å². The van der Waals surface area contributed by atoms with Crippen LogP contribution < -0.4 is 4.74 Å². The highest BCUT2D eigenvalue weighted by Gasteiger charge is 2.29. The molecular weight excluding hydrogens is 523 g/mol. The number of aryl methyl sites for hydroxylation is 1. The van der Waals surface area contributed by atoms with E-state index in [1.54, 1.807) is 22.9 Å². The second kappa shape index (κ2) is 9.09. The Hall–Kier alpha value is -2.62. The van der Waals surface area contributed by atoms with Crippen molar-refractivity contribution in [3.05, 3.63) is 45.3 Å². The number of nitrogens with zero attached hydrogens (tertiary/aromatic N) is 2. The zero-order valence-electron chi connectivity index (χ0n) is 19.0. The third-order valence-electron chi connectivity index (χ3n) is 4.75. The molecule has 32 heavy (non-hydrogen) atoms. The van der Waals surface area contributed by atoms with Crippen LogP contribution in [-0.2, 0) is 9.53 Å². The Kier molecular flexibility index (Phi) is 6.83. The molecule has 2 heterocycles. The standard InChI is InChI=1S/C24H27IN2O5/c1-13(2)19-20-16(7-8-17(21(20)25)31-12-18(28)29)27(23(30)32-24(4,5)6)22(19)15-9-10-26-14(3)11-15/h7-11,13H,12H2,1-6H3,(H,28,29). The number of hydrogen-bond acceptors (Lipinski definition) is 5. The minimum absolute atomic E-state index is 0.0629. The Bertz CT molecular complexity index is 1190. The Morgan fingerprint density at radius 2 is 1.91 bits per heavy atom. The van der Waals surface area contributed by atoms with Gasteiger partial charge >= 0.3 is 12.1 Å². The molecule has 0 saturated carbocycles. The van der Waals surface area contributed by atoms with Crippen LogP contribution in [0.3, 0.4) is 0 Å². The number of carbonyl (C=O) groups excluding carboxylic acids is 1. The van der Waals surface area contributed by atoms with Crippen LogP contribution in [0.2, 0.25) is 0 Å². The molecule has 1 N–H and O–H groups in total. The summed E-state index contributed by atoms with van der Waals surface area (Å²) in [5, 5.41) is 9.87. The number of rotatable bonds is 5. The summed E-state index contributed by atoms with van der Waals surface area (Å²) in [6.07, 6.45) is 1.24. The van der Waals surface area contributed by atoms with Crippen molar-refractivity contribution in [1.29, 1.82) is 0 Å². The van der Waals surface area contributed by atoms with Crippen molar-refractivity contribution in [2.45, 2.75) is 53.1 Å². The van der Waals surface area contributed by atoms with Gasteiger partial charge in [0, 0.05) is 22.8 Å². The van der Waals surface area contributed by atoms with E-state index in [9.17, 15) is 9.59 Å². The maximum Gasteiger partial charge on any atom is 0.419 e. The first-order valence-electron chi connectivity index (χ1n) is 10.3. The van der Waals surface area contributed by atoms with Gasteiger partial charge in [-0.3, -0.25) is 4.98 Å². The molecule has 0 amide bonds. The molecule has 3 aromatic rings. The summed E-state index contributed by atoms with van der Waals surface area (Å²) in [7, 11) is 0. The van der Waals surface area contributed by atoms with E-state index in [4.69, 9.17) is 14.6 Å². The number of halogens is 1. The summed E-state index contributed by atoms with van der Waals surface area (Å²) in [6.45, 7) is 11.1. The topological polar surface area (TPSA) is 90.7 Å². The Morgan fingerprint density at radius 1 is 1.22 bits per heavy atom. The molecule has 0 aliphatic heterocycles.